The highest BCUT2D eigenvalue weighted by Crippen LogP contribution is 2.27. The Morgan fingerprint density at radius 3 is 2.81 bits per heavy atom. The number of nitrogens with zero attached hydrogens (tertiary/aromatic N) is 2. The molecule has 140 valence electrons. The number of rotatable bonds is 2. The summed E-state index contributed by atoms with van der Waals surface area (Å²) in [5, 5.41) is 4.21. The van der Waals surface area contributed by atoms with Gasteiger partial charge in [0.25, 0.3) is 0 Å². The molecule has 5 heteroatoms. The van der Waals surface area contributed by atoms with Crippen LogP contribution in [0.25, 0.3) is 11.0 Å². The lowest BCUT2D eigenvalue weighted by Crippen LogP contribution is -2.41. The molecule has 1 aromatic heterocycles. The molecule has 1 unspecified atom stereocenters. The van der Waals surface area contributed by atoms with Gasteiger partial charge in [-0.25, -0.2) is 4.98 Å². The van der Waals surface area contributed by atoms with Crippen LogP contribution in [0, 0.1) is 20.8 Å². The summed E-state index contributed by atoms with van der Waals surface area (Å²) in [4.78, 5) is 10.6. The highest BCUT2D eigenvalue weighted by molar-refractivity contribution is 7.80. The predicted octanol–water partition coefficient (Wildman–Crippen LogP) is 5.06. The largest absolute Gasteiger partial charge is 0.348 e. The van der Waals surface area contributed by atoms with Crippen molar-refractivity contribution in [3.8, 4) is 0 Å². The molecule has 2 aromatic carbocycles. The summed E-state index contributed by atoms with van der Waals surface area (Å²) < 4.78 is 0. The zero-order valence-corrected chi connectivity index (χ0v) is 17.0. The van der Waals surface area contributed by atoms with Crippen molar-refractivity contribution >= 4 is 34.1 Å². The van der Waals surface area contributed by atoms with Gasteiger partial charge < -0.3 is 15.2 Å². The second-order valence-electron chi connectivity index (χ2n) is 7.66. The van der Waals surface area contributed by atoms with Gasteiger partial charge in [0, 0.05) is 24.7 Å². The Bertz CT molecular complexity index is 991. The molecule has 0 aliphatic carbocycles. The SMILES string of the molecule is Cc1ccc2nc(C3CCCN(C(=S)Nc4ccc(C)c(C)c4)C3)[nH]c2c1. The number of hydrogen-bond acceptors (Lipinski definition) is 2. The van der Waals surface area contributed by atoms with Crippen molar-refractivity contribution in [1.82, 2.24) is 14.9 Å². The highest BCUT2D eigenvalue weighted by Gasteiger charge is 2.25. The first-order chi connectivity index (χ1) is 13.0. The number of aromatic nitrogens is 2. The predicted molar refractivity (Wildman–Crippen MR) is 117 cm³/mol. The molecule has 1 aliphatic heterocycles. The Hall–Kier alpha value is -2.40. The Morgan fingerprint density at radius 1 is 1.15 bits per heavy atom. The summed E-state index contributed by atoms with van der Waals surface area (Å²) in [6, 6.07) is 12.8. The van der Waals surface area contributed by atoms with E-state index in [1.807, 2.05) is 0 Å². The third-order valence-electron chi connectivity index (χ3n) is 5.51. The van der Waals surface area contributed by atoms with Crippen molar-refractivity contribution in [2.24, 2.45) is 0 Å². The lowest BCUT2D eigenvalue weighted by atomic mass is 9.98. The van der Waals surface area contributed by atoms with Gasteiger partial charge in [-0.1, -0.05) is 12.1 Å². The summed E-state index contributed by atoms with van der Waals surface area (Å²) in [5.74, 6) is 1.46. The number of H-pyrrole nitrogens is 1. The van der Waals surface area contributed by atoms with E-state index in [-0.39, 0.29) is 0 Å². The average Bonchev–Trinajstić information content (AvgIpc) is 3.08. The van der Waals surface area contributed by atoms with Gasteiger partial charge in [-0.15, -0.1) is 0 Å². The van der Waals surface area contributed by atoms with Crippen molar-refractivity contribution in [1.29, 1.82) is 0 Å². The van der Waals surface area contributed by atoms with Crippen LogP contribution in [0.4, 0.5) is 5.69 Å². The molecule has 1 atom stereocenters. The molecule has 4 rings (SSSR count). The van der Waals surface area contributed by atoms with Crippen molar-refractivity contribution in [2.45, 2.75) is 39.5 Å². The Balaban J connectivity index is 1.48. The number of aryl methyl sites for hydroxylation is 3. The standard InChI is InChI=1S/C22H26N4S/c1-14-6-9-19-20(11-14)25-21(24-19)17-5-4-10-26(13-17)22(27)23-18-8-7-15(2)16(3)12-18/h6-9,11-12,17H,4-5,10,13H2,1-3H3,(H,23,27)(H,24,25). The zero-order valence-electron chi connectivity index (χ0n) is 16.2. The molecular weight excluding hydrogens is 352 g/mol. The fraction of sp³-hybridized carbons (Fsp3) is 0.364. The number of likely N-dealkylation sites (tertiary alicyclic amines) is 1. The smallest absolute Gasteiger partial charge is 0.173 e. The van der Waals surface area contributed by atoms with Gasteiger partial charge in [0.2, 0.25) is 0 Å². The van der Waals surface area contributed by atoms with E-state index in [0.29, 0.717) is 5.92 Å². The Labute approximate surface area is 166 Å². The summed E-state index contributed by atoms with van der Waals surface area (Å²) in [5.41, 5.74) is 7.05. The molecule has 1 aliphatic rings. The Kier molecular flexibility index (Phi) is 4.87. The number of fused-ring (bicyclic) bond motifs is 1. The molecule has 1 fully saturated rings. The van der Waals surface area contributed by atoms with E-state index in [1.165, 1.54) is 16.7 Å². The van der Waals surface area contributed by atoms with E-state index in [9.17, 15) is 0 Å². The summed E-state index contributed by atoms with van der Waals surface area (Å²) in [6.07, 6.45) is 2.26. The molecular formula is C22H26N4S. The minimum Gasteiger partial charge on any atom is -0.348 e. The maximum Gasteiger partial charge on any atom is 0.173 e. The average molecular weight is 379 g/mol. The van der Waals surface area contributed by atoms with E-state index < -0.39 is 0 Å². The number of piperidine rings is 1. The van der Waals surface area contributed by atoms with Crippen LogP contribution in [0.2, 0.25) is 0 Å². The number of hydrogen-bond donors (Lipinski definition) is 2. The number of aromatic amines is 1. The molecule has 0 saturated carbocycles. The minimum absolute atomic E-state index is 0.381. The molecule has 2 N–H and O–H groups in total. The number of imidazole rings is 1. The molecule has 27 heavy (non-hydrogen) atoms. The zero-order chi connectivity index (χ0) is 19.0. The van der Waals surface area contributed by atoms with E-state index in [0.717, 1.165) is 53.6 Å². The fourth-order valence-electron chi connectivity index (χ4n) is 3.74. The number of benzene rings is 2. The maximum absolute atomic E-state index is 5.70. The molecule has 0 amide bonds. The number of anilines is 1. The molecule has 0 bridgehead atoms. The summed E-state index contributed by atoms with van der Waals surface area (Å²) >= 11 is 5.70. The second-order valence-corrected chi connectivity index (χ2v) is 8.04. The van der Waals surface area contributed by atoms with Crippen LogP contribution in [0.5, 0.6) is 0 Å². The van der Waals surface area contributed by atoms with Crippen LogP contribution in [0.1, 0.15) is 41.3 Å². The van der Waals surface area contributed by atoms with Gasteiger partial charge in [-0.3, -0.25) is 0 Å². The molecule has 0 radical (unpaired) electrons. The van der Waals surface area contributed by atoms with Crippen molar-refractivity contribution in [2.75, 3.05) is 18.4 Å². The van der Waals surface area contributed by atoms with E-state index >= 15 is 0 Å². The minimum atomic E-state index is 0.381. The second kappa shape index (κ2) is 7.31. The van der Waals surface area contributed by atoms with Crippen molar-refractivity contribution in [3.05, 3.63) is 58.9 Å². The van der Waals surface area contributed by atoms with Gasteiger partial charge in [0.1, 0.15) is 5.82 Å². The normalized spacial score (nSPS) is 17.3. The lowest BCUT2D eigenvalue weighted by molar-refractivity contribution is 0.307. The maximum atomic E-state index is 5.70. The van der Waals surface area contributed by atoms with Gasteiger partial charge in [-0.05, 0) is 86.8 Å². The molecule has 2 heterocycles. The molecule has 1 saturated heterocycles. The van der Waals surface area contributed by atoms with Crippen LogP contribution >= 0.6 is 12.2 Å². The highest BCUT2D eigenvalue weighted by atomic mass is 32.1. The van der Waals surface area contributed by atoms with Gasteiger partial charge >= 0.3 is 0 Å². The molecule has 4 nitrogen and oxygen atoms in total. The molecule has 3 aromatic rings. The first-order valence-corrected chi connectivity index (χ1v) is 10.00. The quantitative estimate of drug-likeness (QED) is 0.612. The third kappa shape index (κ3) is 3.83. The van der Waals surface area contributed by atoms with E-state index in [2.05, 4.69) is 72.4 Å². The van der Waals surface area contributed by atoms with Crippen LogP contribution in [0.3, 0.4) is 0 Å². The van der Waals surface area contributed by atoms with Gasteiger partial charge in [0.05, 0.1) is 11.0 Å². The van der Waals surface area contributed by atoms with Crippen molar-refractivity contribution in [3.63, 3.8) is 0 Å². The lowest BCUT2D eigenvalue weighted by Gasteiger charge is -2.33. The van der Waals surface area contributed by atoms with Crippen LogP contribution in [0.15, 0.2) is 36.4 Å². The Morgan fingerprint density at radius 2 is 2.00 bits per heavy atom. The topological polar surface area (TPSA) is 44.0 Å². The monoisotopic (exact) mass is 378 g/mol. The summed E-state index contributed by atoms with van der Waals surface area (Å²) in [7, 11) is 0. The first-order valence-electron chi connectivity index (χ1n) is 9.59. The first kappa shape index (κ1) is 18.0. The van der Waals surface area contributed by atoms with Crippen LogP contribution < -0.4 is 5.32 Å². The van der Waals surface area contributed by atoms with Gasteiger partial charge in [0.15, 0.2) is 5.11 Å². The van der Waals surface area contributed by atoms with E-state index in [1.54, 1.807) is 0 Å². The number of thiocarbonyl (C=S) groups is 1. The van der Waals surface area contributed by atoms with E-state index in [4.69, 9.17) is 17.2 Å². The van der Waals surface area contributed by atoms with Gasteiger partial charge in [-0.2, -0.15) is 0 Å². The van der Waals surface area contributed by atoms with Crippen molar-refractivity contribution < 1.29 is 0 Å². The fourth-order valence-corrected chi connectivity index (χ4v) is 4.03. The van der Waals surface area contributed by atoms with Crippen LogP contribution in [-0.2, 0) is 0 Å². The number of nitrogens with one attached hydrogen (secondary N) is 2. The third-order valence-corrected chi connectivity index (χ3v) is 5.87. The summed E-state index contributed by atoms with van der Waals surface area (Å²) in [6.45, 7) is 8.26. The van der Waals surface area contributed by atoms with Crippen LogP contribution in [-0.4, -0.2) is 33.1 Å². The molecule has 0 spiro atoms.